The SMILES string of the molecule is O=C1CCCC2=C1C(c1cc(Br)cc(Br)c1OCc1cccc(F)c1)C1=C(CCCC1=O)N2. The van der Waals surface area contributed by atoms with Gasteiger partial charge in [0.25, 0.3) is 0 Å². The van der Waals surface area contributed by atoms with Gasteiger partial charge in [0.15, 0.2) is 11.6 Å². The maximum absolute atomic E-state index is 13.7. The number of dihydropyridines is 1. The van der Waals surface area contributed by atoms with Crippen LogP contribution in [0.25, 0.3) is 0 Å². The topological polar surface area (TPSA) is 55.4 Å². The molecule has 0 radical (unpaired) electrons. The standard InChI is InChI=1S/C26H22Br2FNO3/c27-15-11-17(26(18(28)12-15)33-13-14-4-1-5-16(29)10-14)23-24-19(6-2-8-21(24)31)30-20-7-3-9-22(32)25(20)23/h1,4-5,10-12,23,30H,2-3,6-9,13H2. The molecule has 4 nitrogen and oxygen atoms in total. The number of hydrogen-bond acceptors (Lipinski definition) is 4. The van der Waals surface area contributed by atoms with Gasteiger partial charge in [-0.15, -0.1) is 0 Å². The Balaban J connectivity index is 1.64. The second-order valence-corrected chi connectivity index (χ2v) is 10.4. The summed E-state index contributed by atoms with van der Waals surface area (Å²) in [7, 11) is 0. The summed E-state index contributed by atoms with van der Waals surface area (Å²) in [6, 6.07) is 10.1. The fraction of sp³-hybridized carbons (Fsp3) is 0.308. The molecule has 1 N–H and O–H groups in total. The van der Waals surface area contributed by atoms with Crippen molar-refractivity contribution in [3.05, 3.63) is 84.8 Å². The van der Waals surface area contributed by atoms with Crippen LogP contribution in [0.4, 0.5) is 4.39 Å². The summed E-state index contributed by atoms with van der Waals surface area (Å²) in [5, 5.41) is 3.44. The number of carbonyl (C=O) groups is 2. The van der Waals surface area contributed by atoms with Gasteiger partial charge in [0.05, 0.1) is 4.47 Å². The zero-order valence-electron chi connectivity index (χ0n) is 17.8. The molecule has 7 heteroatoms. The Bertz CT molecular complexity index is 1190. The van der Waals surface area contributed by atoms with Gasteiger partial charge < -0.3 is 10.1 Å². The molecule has 0 bridgehead atoms. The van der Waals surface area contributed by atoms with Crippen LogP contribution in [-0.2, 0) is 16.2 Å². The van der Waals surface area contributed by atoms with E-state index in [0.29, 0.717) is 39.8 Å². The predicted octanol–water partition coefficient (Wildman–Crippen LogP) is 6.63. The highest BCUT2D eigenvalue weighted by Gasteiger charge is 2.41. The van der Waals surface area contributed by atoms with Gasteiger partial charge in [-0.1, -0.05) is 28.1 Å². The molecule has 0 aromatic heterocycles. The monoisotopic (exact) mass is 573 g/mol. The molecular formula is C26H22Br2FNO3. The summed E-state index contributed by atoms with van der Waals surface area (Å²) in [6.07, 6.45) is 4.14. The number of allylic oxidation sites excluding steroid dienone is 4. The van der Waals surface area contributed by atoms with Crippen LogP contribution in [-0.4, -0.2) is 11.6 Å². The van der Waals surface area contributed by atoms with Crippen LogP contribution < -0.4 is 10.1 Å². The number of hydrogen-bond donors (Lipinski definition) is 1. The predicted molar refractivity (Wildman–Crippen MR) is 130 cm³/mol. The number of ether oxygens (including phenoxy) is 1. The minimum absolute atomic E-state index is 0.0749. The summed E-state index contributed by atoms with van der Waals surface area (Å²) in [6.45, 7) is 0.162. The van der Waals surface area contributed by atoms with E-state index < -0.39 is 5.92 Å². The lowest BCUT2D eigenvalue weighted by molar-refractivity contribution is -0.116. The third-order valence-corrected chi connectivity index (χ3v) is 7.46. The Kier molecular flexibility index (Phi) is 6.27. The van der Waals surface area contributed by atoms with Crippen LogP contribution in [0.3, 0.4) is 0 Å². The number of rotatable bonds is 4. The second-order valence-electron chi connectivity index (χ2n) is 8.62. The van der Waals surface area contributed by atoms with E-state index in [1.165, 1.54) is 12.1 Å². The molecule has 0 fully saturated rings. The van der Waals surface area contributed by atoms with Crippen LogP contribution in [0.2, 0.25) is 0 Å². The molecule has 0 unspecified atom stereocenters. The molecule has 1 heterocycles. The summed E-state index contributed by atoms with van der Waals surface area (Å²) in [5.41, 5.74) is 4.67. The first-order valence-corrected chi connectivity index (χ1v) is 12.7. The van der Waals surface area contributed by atoms with Crippen molar-refractivity contribution in [2.24, 2.45) is 0 Å². The number of nitrogens with one attached hydrogen (secondary N) is 1. The number of Topliss-reactive ketones (excluding diaryl/α,β-unsaturated/α-hetero) is 2. The zero-order chi connectivity index (χ0) is 23.1. The van der Waals surface area contributed by atoms with Gasteiger partial charge >= 0.3 is 0 Å². The van der Waals surface area contributed by atoms with E-state index in [-0.39, 0.29) is 24.0 Å². The van der Waals surface area contributed by atoms with Crippen LogP contribution in [0, 0.1) is 5.82 Å². The fourth-order valence-electron chi connectivity index (χ4n) is 5.02. The van der Waals surface area contributed by atoms with Crippen LogP contribution >= 0.6 is 31.9 Å². The highest BCUT2D eigenvalue weighted by molar-refractivity contribution is 9.11. The van der Waals surface area contributed by atoms with Crippen molar-refractivity contribution >= 4 is 43.4 Å². The Labute approximate surface area is 208 Å². The number of halogens is 3. The van der Waals surface area contributed by atoms with Crippen LogP contribution in [0.1, 0.15) is 55.6 Å². The smallest absolute Gasteiger partial charge is 0.161 e. The minimum Gasteiger partial charge on any atom is -0.487 e. The van der Waals surface area contributed by atoms with Gasteiger partial charge in [-0.05, 0) is 71.4 Å². The summed E-state index contributed by atoms with van der Waals surface area (Å²) in [5.74, 6) is -0.0931. The number of carbonyl (C=O) groups excluding carboxylic acids is 2. The van der Waals surface area contributed by atoms with E-state index in [9.17, 15) is 14.0 Å². The van der Waals surface area contributed by atoms with Crippen molar-refractivity contribution in [1.82, 2.24) is 5.32 Å². The van der Waals surface area contributed by atoms with E-state index in [1.54, 1.807) is 12.1 Å². The molecular weight excluding hydrogens is 553 g/mol. The Hall–Kier alpha value is -2.25. The first-order valence-electron chi connectivity index (χ1n) is 11.1. The molecule has 2 aliphatic carbocycles. The fourth-order valence-corrected chi connectivity index (χ4v) is 6.40. The maximum Gasteiger partial charge on any atom is 0.161 e. The molecule has 0 saturated carbocycles. The Morgan fingerprint density at radius 3 is 2.24 bits per heavy atom. The van der Waals surface area contributed by atoms with Crippen LogP contribution in [0.5, 0.6) is 5.75 Å². The van der Waals surface area contributed by atoms with Gasteiger partial charge in [-0.3, -0.25) is 9.59 Å². The molecule has 1 aliphatic heterocycles. The van der Waals surface area contributed by atoms with Gasteiger partial charge in [-0.2, -0.15) is 0 Å². The number of benzene rings is 2. The van der Waals surface area contributed by atoms with Crippen LogP contribution in [0.15, 0.2) is 67.9 Å². The zero-order valence-corrected chi connectivity index (χ0v) is 21.0. The maximum atomic E-state index is 13.7. The summed E-state index contributed by atoms with van der Waals surface area (Å²) in [4.78, 5) is 26.3. The minimum atomic E-state index is -0.479. The largest absolute Gasteiger partial charge is 0.487 e. The lowest BCUT2D eigenvalue weighted by Gasteiger charge is -2.37. The molecule has 0 spiro atoms. The summed E-state index contributed by atoms with van der Waals surface area (Å²) >= 11 is 7.19. The third-order valence-electron chi connectivity index (χ3n) is 6.41. The van der Waals surface area contributed by atoms with E-state index in [4.69, 9.17) is 4.74 Å². The van der Waals surface area contributed by atoms with Crippen molar-refractivity contribution in [3.63, 3.8) is 0 Å². The Morgan fingerprint density at radius 2 is 1.61 bits per heavy atom. The number of ketones is 2. The van der Waals surface area contributed by atoms with Crippen molar-refractivity contribution in [3.8, 4) is 5.75 Å². The second kappa shape index (κ2) is 9.18. The van der Waals surface area contributed by atoms with Gasteiger partial charge in [0.2, 0.25) is 0 Å². The van der Waals surface area contributed by atoms with Crippen molar-refractivity contribution in [2.45, 2.75) is 51.0 Å². The molecule has 0 saturated heterocycles. The average molecular weight is 575 g/mol. The molecule has 2 aromatic carbocycles. The van der Waals surface area contributed by atoms with Crippen molar-refractivity contribution < 1.29 is 18.7 Å². The molecule has 3 aliphatic rings. The lowest BCUT2D eigenvalue weighted by Crippen LogP contribution is -2.36. The molecule has 2 aromatic rings. The van der Waals surface area contributed by atoms with E-state index in [1.807, 2.05) is 12.1 Å². The van der Waals surface area contributed by atoms with Gasteiger partial charge in [-0.25, -0.2) is 4.39 Å². The normalized spacial score (nSPS) is 18.8. The summed E-state index contributed by atoms with van der Waals surface area (Å²) < 4.78 is 21.4. The van der Waals surface area contributed by atoms with Crippen molar-refractivity contribution in [2.75, 3.05) is 0 Å². The quantitative estimate of drug-likeness (QED) is 0.445. The first kappa shape index (κ1) is 22.5. The van der Waals surface area contributed by atoms with Gasteiger partial charge in [0.1, 0.15) is 18.2 Å². The van der Waals surface area contributed by atoms with Crippen molar-refractivity contribution in [1.29, 1.82) is 0 Å². The highest BCUT2D eigenvalue weighted by atomic mass is 79.9. The highest BCUT2D eigenvalue weighted by Crippen LogP contribution is 2.49. The van der Waals surface area contributed by atoms with Gasteiger partial charge in [0, 0.05) is 51.3 Å². The lowest BCUT2D eigenvalue weighted by atomic mass is 9.71. The third kappa shape index (κ3) is 4.33. The van der Waals surface area contributed by atoms with E-state index >= 15 is 0 Å². The molecule has 0 atom stereocenters. The average Bonchev–Trinajstić information content (AvgIpc) is 2.77. The molecule has 5 rings (SSSR count). The van der Waals surface area contributed by atoms with E-state index in [2.05, 4.69) is 37.2 Å². The van der Waals surface area contributed by atoms with E-state index in [0.717, 1.165) is 47.1 Å². The molecule has 170 valence electrons. The molecule has 33 heavy (non-hydrogen) atoms. The first-order chi connectivity index (χ1) is 15.9. The molecule has 0 amide bonds. The Morgan fingerprint density at radius 1 is 0.939 bits per heavy atom.